The van der Waals surface area contributed by atoms with Gasteiger partial charge in [-0.1, -0.05) is 11.2 Å². The molecular weight excluding hydrogens is 233 g/mol. The minimum atomic E-state index is -0.393. The van der Waals surface area contributed by atoms with Crippen LogP contribution in [0, 0.1) is 5.82 Å². The molecule has 0 aromatic heterocycles. The molecule has 1 aliphatic rings. The van der Waals surface area contributed by atoms with Gasteiger partial charge in [-0.3, -0.25) is 0 Å². The molecule has 0 unspecified atom stereocenters. The molecule has 0 aliphatic heterocycles. The highest BCUT2D eigenvalue weighted by atomic mass is 19.1. The van der Waals surface area contributed by atoms with Crippen LogP contribution in [0.2, 0.25) is 0 Å². The molecule has 0 saturated heterocycles. The molecular formula is C13H18FN3O. The van der Waals surface area contributed by atoms with E-state index >= 15 is 0 Å². The minimum absolute atomic E-state index is 0.0648. The maximum atomic E-state index is 13.2. The highest BCUT2D eigenvalue weighted by molar-refractivity contribution is 5.98. The van der Waals surface area contributed by atoms with Gasteiger partial charge in [0.2, 0.25) is 0 Å². The Balaban J connectivity index is 2.16. The van der Waals surface area contributed by atoms with Crippen molar-refractivity contribution >= 4 is 5.84 Å². The van der Waals surface area contributed by atoms with Crippen LogP contribution < -0.4 is 11.1 Å². The lowest BCUT2D eigenvalue weighted by atomic mass is 9.78. The molecule has 0 radical (unpaired) electrons. The van der Waals surface area contributed by atoms with Crippen LogP contribution >= 0.6 is 0 Å². The molecule has 2 rings (SSSR count). The summed E-state index contributed by atoms with van der Waals surface area (Å²) in [6.07, 6.45) is 3.53. The lowest BCUT2D eigenvalue weighted by molar-refractivity contribution is 0.207. The molecule has 0 bridgehead atoms. The molecule has 4 nitrogen and oxygen atoms in total. The maximum Gasteiger partial charge on any atom is 0.170 e. The topological polar surface area (TPSA) is 70.6 Å². The van der Waals surface area contributed by atoms with Crippen LogP contribution in [0.25, 0.3) is 0 Å². The lowest BCUT2D eigenvalue weighted by Crippen LogP contribution is -2.47. The van der Waals surface area contributed by atoms with Gasteiger partial charge in [0.25, 0.3) is 0 Å². The van der Waals surface area contributed by atoms with E-state index in [1.807, 2.05) is 0 Å². The first-order valence-electron chi connectivity index (χ1n) is 6.05. The third kappa shape index (κ3) is 2.61. The Kier molecular flexibility index (Phi) is 3.52. The predicted molar refractivity (Wildman–Crippen MR) is 68.0 cm³/mol. The van der Waals surface area contributed by atoms with E-state index < -0.39 is 5.82 Å². The number of nitrogens with two attached hydrogens (primary N) is 1. The highest BCUT2D eigenvalue weighted by Gasteiger charge is 2.30. The van der Waals surface area contributed by atoms with Gasteiger partial charge < -0.3 is 16.3 Å². The van der Waals surface area contributed by atoms with Crippen LogP contribution in [0.15, 0.2) is 23.4 Å². The van der Waals surface area contributed by atoms with Crippen molar-refractivity contribution in [2.75, 3.05) is 0 Å². The molecule has 18 heavy (non-hydrogen) atoms. The molecule has 1 aromatic rings. The summed E-state index contributed by atoms with van der Waals surface area (Å²) in [5.41, 5.74) is 6.99. The fraction of sp³-hybridized carbons (Fsp3) is 0.462. The van der Waals surface area contributed by atoms with E-state index in [1.54, 1.807) is 6.07 Å². The van der Waals surface area contributed by atoms with E-state index in [2.05, 4.69) is 17.4 Å². The molecule has 1 fully saturated rings. The van der Waals surface area contributed by atoms with Gasteiger partial charge in [-0.25, -0.2) is 4.39 Å². The second kappa shape index (κ2) is 4.94. The summed E-state index contributed by atoms with van der Waals surface area (Å²) in [6.45, 7) is 2.76. The Morgan fingerprint density at radius 2 is 2.28 bits per heavy atom. The summed E-state index contributed by atoms with van der Waals surface area (Å²) in [4.78, 5) is 0. The van der Waals surface area contributed by atoms with Gasteiger partial charge in [0, 0.05) is 17.6 Å². The number of amidine groups is 1. The second-order valence-electron chi connectivity index (χ2n) is 5.05. The Morgan fingerprint density at radius 3 is 2.83 bits per heavy atom. The number of nitrogens with one attached hydrogen (secondary N) is 1. The van der Waals surface area contributed by atoms with E-state index in [9.17, 15) is 4.39 Å². The van der Waals surface area contributed by atoms with Crippen LogP contribution in [0.5, 0.6) is 0 Å². The Labute approximate surface area is 106 Å². The van der Waals surface area contributed by atoms with Crippen LogP contribution in [0.3, 0.4) is 0 Å². The first kappa shape index (κ1) is 12.8. The van der Waals surface area contributed by atoms with Crippen molar-refractivity contribution in [3.8, 4) is 0 Å². The van der Waals surface area contributed by atoms with E-state index in [1.165, 1.54) is 18.6 Å². The van der Waals surface area contributed by atoms with Crippen LogP contribution in [-0.2, 0) is 6.54 Å². The molecule has 5 heteroatoms. The molecule has 98 valence electrons. The van der Waals surface area contributed by atoms with Crippen LogP contribution in [0.4, 0.5) is 4.39 Å². The number of nitrogens with zero attached hydrogens (tertiary/aromatic N) is 1. The van der Waals surface area contributed by atoms with Crippen molar-refractivity contribution in [3.05, 3.63) is 35.1 Å². The molecule has 1 aliphatic carbocycles. The Bertz CT molecular complexity index is 469. The van der Waals surface area contributed by atoms with Crippen LogP contribution in [0.1, 0.15) is 37.3 Å². The average molecular weight is 251 g/mol. The summed E-state index contributed by atoms with van der Waals surface area (Å²) in [5, 5.41) is 15.1. The van der Waals surface area contributed by atoms with Gasteiger partial charge in [-0.15, -0.1) is 0 Å². The standard InChI is InChI=1S/C13H18FN3O/c1-13(5-2-6-13)16-8-9-3-4-10(14)7-11(9)12(15)17-18/h3-4,7,16,18H,2,5-6,8H2,1H3,(H2,15,17). The summed E-state index contributed by atoms with van der Waals surface area (Å²) < 4.78 is 13.2. The van der Waals surface area contributed by atoms with Gasteiger partial charge >= 0.3 is 0 Å². The van der Waals surface area contributed by atoms with E-state index in [4.69, 9.17) is 10.9 Å². The van der Waals surface area contributed by atoms with Crippen molar-refractivity contribution in [2.45, 2.75) is 38.3 Å². The summed E-state index contributed by atoms with van der Waals surface area (Å²) in [6, 6.07) is 4.33. The van der Waals surface area contributed by atoms with E-state index in [0.717, 1.165) is 18.4 Å². The number of hydrogen-bond donors (Lipinski definition) is 3. The highest BCUT2D eigenvalue weighted by Crippen LogP contribution is 2.31. The monoisotopic (exact) mass is 251 g/mol. The first-order valence-corrected chi connectivity index (χ1v) is 6.05. The third-order valence-electron chi connectivity index (χ3n) is 3.62. The molecule has 1 aromatic carbocycles. The second-order valence-corrected chi connectivity index (χ2v) is 5.05. The van der Waals surface area contributed by atoms with Crippen LogP contribution in [-0.4, -0.2) is 16.6 Å². The minimum Gasteiger partial charge on any atom is -0.409 e. The third-order valence-corrected chi connectivity index (χ3v) is 3.62. The van der Waals surface area contributed by atoms with E-state index in [-0.39, 0.29) is 11.4 Å². The summed E-state index contributed by atoms with van der Waals surface area (Å²) in [5.74, 6) is -0.458. The maximum absolute atomic E-state index is 13.2. The molecule has 0 amide bonds. The molecule has 0 atom stereocenters. The van der Waals surface area contributed by atoms with Gasteiger partial charge in [0.05, 0.1) is 0 Å². The van der Waals surface area contributed by atoms with Crippen molar-refractivity contribution in [1.82, 2.24) is 5.32 Å². The number of halogens is 1. The summed E-state index contributed by atoms with van der Waals surface area (Å²) >= 11 is 0. The predicted octanol–water partition coefficient (Wildman–Crippen LogP) is 1.95. The summed E-state index contributed by atoms with van der Waals surface area (Å²) in [7, 11) is 0. The number of benzene rings is 1. The fourth-order valence-electron chi connectivity index (χ4n) is 2.19. The zero-order chi connectivity index (χ0) is 13.2. The quantitative estimate of drug-likeness (QED) is 0.331. The van der Waals surface area contributed by atoms with Gasteiger partial charge in [0.15, 0.2) is 5.84 Å². The van der Waals surface area contributed by atoms with Crippen molar-refractivity contribution in [2.24, 2.45) is 10.9 Å². The Morgan fingerprint density at radius 1 is 1.56 bits per heavy atom. The molecule has 4 N–H and O–H groups in total. The molecule has 0 spiro atoms. The van der Waals surface area contributed by atoms with Crippen molar-refractivity contribution in [3.63, 3.8) is 0 Å². The molecule has 0 heterocycles. The van der Waals surface area contributed by atoms with E-state index in [0.29, 0.717) is 12.1 Å². The van der Waals surface area contributed by atoms with Gasteiger partial charge in [-0.2, -0.15) is 0 Å². The molecule has 1 saturated carbocycles. The van der Waals surface area contributed by atoms with Gasteiger partial charge in [-0.05, 0) is 43.9 Å². The smallest absolute Gasteiger partial charge is 0.170 e. The lowest BCUT2D eigenvalue weighted by Gasteiger charge is -2.39. The zero-order valence-electron chi connectivity index (χ0n) is 10.4. The normalized spacial score (nSPS) is 18.4. The number of oxime groups is 1. The average Bonchev–Trinajstić information content (AvgIpc) is 2.34. The number of rotatable bonds is 4. The fourth-order valence-corrected chi connectivity index (χ4v) is 2.19. The van der Waals surface area contributed by atoms with Gasteiger partial charge in [0.1, 0.15) is 5.82 Å². The number of hydrogen-bond acceptors (Lipinski definition) is 3. The van der Waals surface area contributed by atoms with Crippen molar-refractivity contribution < 1.29 is 9.60 Å². The SMILES string of the molecule is CC1(NCc2ccc(F)cc2/C(N)=N/O)CCC1. The zero-order valence-corrected chi connectivity index (χ0v) is 10.4. The van der Waals surface area contributed by atoms with Crippen molar-refractivity contribution in [1.29, 1.82) is 0 Å². The first-order chi connectivity index (χ1) is 8.54. The Hall–Kier alpha value is -1.62. The largest absolute Gasteiger partial charge is 0.409 e.